The summed E-state index contributed by atoms with van der Waals surface area (Å²) in [5, 5.41) is 14.6. The second kappa shape index (κ2) is 9.25. The summed E-state index contributed by atoms with van der Waals surface area (Å²) < 4.78 is 5.94. The summed E-state index contributed by atoms with van der Waals surface area (Å²) in [5.41, 5.74) is 2.09. The molecule has 3 nitrogen and oxygen atoms in total. The number of benzene rings is 1. The maximum absolute atomic E-state index is 10.3. The SMILES string of the molecule is Cc1cc(OC[C@H](O)CN[C@@H]2CCC[C@H](C)[C@H]2C)c(C(C)C)cc1Cl. The Morgan fingerprint density at radius 1 is 1.28 bits per heavy atom. The van der Waals surface area contributed by atoms with Gasteiger partial charge in [0.1, 0.15) is 18.5 Å². The van der Waals surface area contributed by atoms with Gasteiger partial charge in [-0.25, -0.2) is 0 Å². The van der Waals surface area contributed by atoms with Gasteiger partial charge in [0.2, 0.25) is 0 Å². The fraction of sp³-hybridized carbons (Fsp3) is 0.714. The van der Waals surface area contributed by atoms with Gasteiger partial charge in [-0.2, -0.15) is 0 Å². The van der Waals surface area contributed by atoms with Crippen LogP contribution in [0.2, 0.25) is 5.02 Å². The van der Waals surface area contributed by atoms with E-state index in [1.54, 1.807) is 0 Å². The highest BCUT2D eigenvalue weighted by molar-refractivity contribution is 6.31. The molecule has 0 spiro atoms. The molecule has 1 aromatic rings. The fourth-order valence-corrected chi connectivity index (χ4v) is 3.82. The van der Waals surface area contributed by atoms with Crippen LogP contribution in [0, 0.1) is 18.8 Å². The van der Waals surface area contributed by atoms with Gasteiger partial charge in [0.25, 0.3) is 0 Å². The van der Waals surface area contributed by atoms with E-state index in [1.807, 2.05) is 19.1 Å². The molecule has 2 N–H and O–H groups in total. The first-order valence-corrected chi connectivity index (χ1v) is 10.0. The predicted octanol–water partition coefficient (Wildman–Crippen LogP) is 4.93. The summed E-state index contributed by atoms with van der Waals surface area (Å²) in [6.07, 6.45) is 3.28. The van der Waals surface area contributed by atoms with Crippen LogP contribution in [0.5, 0.6) is 5.75 Å². The zero-order chi connectivity index (χ0) is 18.6. The van der Waals surface area contributed by atoms with Crippen molar-refractivity contribution in [3.05, 3.63) is 28.3 Å². The van der Waals surface area contributed by atoms with Crippen molar-refractivity contribution in [2.75, 3.05) is 13.2 Å². The molecule has 1 saturated carbocycles. The van der Waals surface area contributed by atoms with Crippen molar-refractivity contribution >= 4 is 11.6 Å². The van der Waals surface area contributed by atoms with Gasteiger partial charge >= 0.3 is 0 Å². The molecule has 142 valence electrons. The lowest BCUT2D eigenvalue weighted by Crippen LogP contribution is -2.44. The normalized spacial score (nSPS) is 25.2. The average molecular weight is 368 g/mol. The fourth-order valence-electron chi connectivity index (χ4n) is 3.65. The van der Waals surface area contributed by atoms with E-state index in [0.29, 0.717) is 31.0 Å². The molecule has 0 heterocycles. The van der Waals surface area contributed by atoms with Crippen LogP contribution in [0.25, 0.3) is 0 Å². The predicted molar refractivity (Wildman–Crippen MR) is 106 cm³/mol. The summed E-state index contributed by atoms with van der Waals surface area (Å²) in [7, 11) is 0. The molecule has 0 radical (unpaired) electrons. The molecule has 0 saturated heterocycles. The van der Waals surface area contributed by atoms with Gasteiger partial charge in [0, 0.05) is 17.6 Å². The Hall–Kier alpha value is -0.770. The molecule has 0 aliphatic heterocycles. The average Bonchev–Trinajstić information content (AvgIpc) is 2.56. The van der Waals surface area contributed by atoms with Crippen molar-refractivity contribution in [1.29, 1.82) is 0 Å². The van der Waals surface area contributed by atoms with Crippen LogP contribution in [-0.2, 0) is 0 Å². The third kappa shape index (κ3) is 5.60. The zero-order valence-corrected chi connectivity index (χ0v) is 17.1. The van der Waals surface area contributed by atoms with Gasteiger partial charge in [0.05, 0.1) is 0 Å². The smallest absolute Gasteiger partial charge is 0.123 e. The molecular weight excluding hydrogens is 334 g/mol. The van der Waals surface area contributed by atoms with Crippen molar-refractivity contribution in [3.63, 3.8) is 0 Å². The third-order valence-corrected chi connectivity index (χ3v) is 6.07. The van der Waals surface area contributed by atoms with Gasteiger partial charge < -0.3 is 15.2 Å². The second-order valence-electron chi connectivity index (χ2n) is 8.04. The van der Waals surface area contributed by atoms with Crippen molar-refractivity contribution in [2.45, 2.75) is 71.9 Å². The minimum absolute atomic E-state index is 0.296. The number of ether oxygens (including phenoxy) is 1. The van der Waals surface area contributed by atoms with E-state index in [0.717, 1.165) is 27.8 Å². The van der Waals surface area contributed by atoms with Crippen molar-refractivity contribution in [3.8, 4) is 5.75 Å². The molecule has 2 rings (SSSR count). The number of hydrogen-bond donors (Lipinski definition) is 2. The number of rotatable bonds is 7. The Kier molecular flexibility index (Phi) is 7.60. The van der Waals surface area contributed by atoms with Crippen molar-refractivity contribution in [1.82, 2.24) is 5.32 Å². The Balaban J connectivity index is 1.87. The Morgan fingerprint density at radius 3 is 2.68 bits per heavy atom. The standard InChI is InChI=1S/C21H34ClNO2/c1-13(2)18-10-19(22)15(4)9-21(18)25-12-17(24)11-23-20-8-6-7-14(3)16(20)5/h9-10,13-14,16-17,20,23-24H,6-8,11-12H2,1-5H3/t14-,16+,17+,20+/m0/s1. The van der Waals surface area contributed by atoms with Gasteiger partial charge in [0.15, 0.2) is 0 Å². The third-order valence-electron chi connectivity index (χ3n) is 5.67. The highest BCUT2D eigenvalue weighted by Gasteiger charge is 2.27. The number of aliphatic hydroxyl groups is 1. The molecule has 1 aromatic carbocycles. The molecule has 0 amide bonds. The lowest BCUT2D eigenvalue weighted by molar-refractivity contribution is 0.0941. The number of aryl methyl sites for hydroxylation is 1. The van der Waals surface area contributed by atoms with Crippen LogP contribution in [0.15, 0.2) is 12.1 Å². The van der Waals surface area contributed by atoms with Crippen molar-refractivity contribution in [2.24, 2.45) is 11.8 Å². The van der Waals surface area contributed by atoms with Gasteiger partial charge in [-0.05, 0) is 54.4 Å². The summed E-state index contributed by atoms with van der Waals surface area (Å²) in [4.78, 5) is 0. The maximum Gasteiger partial charge on any atom is 0.123 e. The first kappa shape index (κ1) is 20.5. The van der Waals surface area contributed by atoms with Gasteiger partial charge in [-0.3, -0.25) is 0 Å². The van der Waals surface area contributed by atoms with E-state index in [9.17, 15) is 5.11 Å². The van der Waals surface area contributed by atoms with E-state index in [2.05, 4.69) is 33.0 Å². The van der Waals surface area contributed by atoms with Crippen LogP contribution in [0.3, 0.4) is 0 Å². The zero-order valence-electron chi connectivity index (χ0n) is 16.3. The van der Waals surface area contributed by atoms with E-state index in [1.165, 1.54) is 19.3 Å². The van der Waals surface area contributed by atoms with E-state index in [4.69, 9.17) is 16.3 Å². The van der Waals surface area contributed by atoms with Crippen molar-refractivity contribution < 1.29 is 9.84 Å². The molecular formula is C21H34ClNO2. The van der Waals surface area contributed by atoms with Crippen LogP contribution >= 0.6 is 11.6 Å². The van der Waals surface area contributed by atoms with Crippen LogP contribution in [-0.4, -0.2) is 30.4 Å². The minimum atomic E-state index is -0.513. The first-order chi connectivity index (χ1) is 11.8. The molecule has 25 heavy (non-hydrogen) atoms. The van der Waals surface area contributed by atoms with Gasteiger partial charge in [-0.15, -0.1) is 0 Å². The number of halogens is 1. The van der Waals surface area contributed by atoms with Crippen LogP contribution < -0.4 is 10.1 Å². The highest BCUT2D eigenvalue weighted by atomic mass is 35.5. The van der Waals surface area contributed by atoms with Gasteiger partial charge in [-0.1, -0.05) is 52.1 Å². The molecule has 0 bridgehead atoms. The maximum atomic E-state index is 10.3. The Morgan fingerprint density at radius 2 is 2.00 bits per heavy atom. The number of aliphatic hydroxyl groups excluding tert-OH is 1. The molecule has 0 aromatic heterocycles. The summed E-state index contributed by atoms with van der Waals surface area (Å²) >= 11 is 6.24. The molecule has 1 aliphatic rings. The van der Waals surface area contributed by atoms with E-state index >= 15 is 0 Å². The Labute approximate surface area is 158 Å². The second-order valence-corrected chi connectivity index (χ2v) is 8.45. The molecule has 1 fully saturated rings. The molecule has 4 heteroatoms. The monoisotopic (exact) mass is 367 g/mol. The van der Waals surface area contributed by atoms with Crippen LogP contribution in [0.1, 0.15) is 64.0 Å². The molecule has 0 unspecified atom stereocenters. The quantitative estimate of drug-likeness (QED) is 0.718. The van der Waals surface area contributed by atoms with Crippen LogP contribution in [0.4, 0.5) is 0 Å². The number of nitrogens with one attached hydrogen (secondary N) is 1. The summed E-state index contributed by atoms with van der Waals surface area (Å²) in [6, 6.07) is 4.46. The Bertz CT molecular complexity index is 561. The minimum Gasteiger partial charge on any atom is -0.491 e. The summed E-state index contributed by atoms with van der Waals surface area (Å²) in [5.74, 6) is 2.57. The highest BCUT2D eigenvalue weighted by Crippen LogP contribution is 2.32. The first-order valence-electron chi connectivity index (χ1n) is 9.63. The van der Waals surface area contributed by atoms with E-state index < -0.39 is 6.10 Å². The lowest BCUT2D eigenvalue weighted by Gasteiger charge is -2.35. The summed E-state index contributed by atoms with van der Waals surface area (Å²) in [6.45, 7) is 11.7. The molecule has 4 atom stereocenters. The van der Waals surface area contributed by atoms with E-state index in [-0.39, 0.29) is 0 Å². The topological polar surface area (TPSA) is 41.5 Å². The molecule has 1 aliphatic carbocycles. The lowest BCUT2D eigenvalue weighted by atomic mass is 9.78. The number of hydrogen-bond acceptors (Lipinski definition) is 3. The largest absolute Gasteiger partial charge is 0.491 e.